The van der Waals surface area contributed by atoms with Gasteiger partial charge >= 0.3 is 5.97 Å². The van der Waals surface area contributed by atoms with Gasteiger partial charge in [0.15, 0.2) is 18.4 Å². The molecule has 12 unspecified atom stereocenters. The lowest BCUT2D eigenvalue weighted by atomic mass is 9.33. The highest BCUT2D eigenvalue weighted by Crippen LogP contribution is 2.76. The molecule has 9 aliphatic rings. The maximum atomic E-state index is 16.3. The van der Waals surface area contributed by atoms with Crippen LogP contribution in [-0.4, -0.2) is 118 Å². The molecule has 8 fully saturated rings. The lowest BCUT2D eigenvalue weighted by molar-refractivity contribution is -0.354. The van der Waals surface area contributed by atoms with Crippen molar-refractivity contribution < 1.29 is 66.4 Å². The number of benzene rings is 3. The van der Waals surface area contributed by atoms with Crippen molar-refractivity contribution in [2.75, 3.05) is 20.3 Å². The molecular weight excluding hydrogens is 1130 g/mol. The van der Waals surface area contributed by atoms with E-state index in [4.69, 9.17) is 62.6 Å². The summed E-state index contributed by atoms with van der Waals surface area (Å²) in [5.74, 6) is -0.819. The van der Waals surface area contributed by atoms with Crippen molar-refractivity contribution in [1.82, 2.24) is 0 Å². The first-order chi connectivity index (χ1) is 42.6. The summed E-state index contributed by atoms with van der Waals surface area (Å²) in [5.41, 5.74) is 10.0. The summed E-state index contributed by atoms with van der Waals surface area (Å²) in [6.07, 6.45) is 3.51. The third kappa shape index (κ3) is 11.8. The van der Waals surface area contributed by atoms with Crippen molar-refractivity contribution >= 4 is 12.3 Å². The Morgan fingerprint density at radius 2 is 1.33 bits per heavy atom. The van der Waals surface area contributed by atoms with Gasteiger partial charge in [0.2, 0.25) is 6.29 Å². The van der Waals surface area contributed by atoms with Gasteiger partial charge in [0, 0.05) is 30.4 Å². The van der Waals surface area contributed by atoms with Crippen LogP contribution < -0.4 is 5.73 Å². The van der Waals surface area contributed by atoms with Gasteiger partial charge in [0.1, 0.15) is 48.3 Å². The van der Waals surface area contributed by atoms with Crippen molar-refractivity contribution in [1.29, 1.82) is 0 Å². The van der Waals surface area contributed by atoms with Crippen LogP contribution >= 0.6 is 0 Å². The van der Waals surface area contributed by atoms with Crippen molar-refractivity contribution in [3.63, 3.8) is 0 Å². The molecule has 4 saturated heterocycles. The molecule has 0 bridgehead atoms. The van der Waals surface area contributed by atoms with Gasteiger partial charge in [-0.05, 0) is 141 Å². The Hall–Kier alpha value is -3.94. The van der Waals surface area contributed by atoms with E-state index in [0.29, 0.717) is 56.3 Å². The van der Waals surface area contributed by atoms with Gasteiger partial charge in [-0.2, -0.15) is 0 Å². The SMILES string of the molecule is COC1C[C@]2(C)C(=CCC3C4(C)CC[C@H](C)[C@](C)(C=O)[C@@H]4CC[C@@]32C)C2C[C@H](C)CC[C@]12C(=O)O[C@@H]1OC(COCc2ccccc2)[C@H](N)C(C)C1O[C@@H]1OC(C)[C@H](O[C@@H]2OC[C@@H](OCc3ccccc3)C(OCc3ccccc3)C2C)C2OC(C)(C)OC21. The molecule has 12 rings (SSSR count). The molecule has 4 heterocycles. The van der Waals surface area contributed by atoms with E-state index in [1.54, 1.807) is 7.11 Å². The van der Waals surface area contributed by atoms with Gasteiger partial charge in [-0.25, -0.2) is 0 Å². The van der Waals surface area contributed by atoms with Gasteiger partial charge in [-0.3, -0.25) is 4.79 Å². The normalized spacial score (nSPS) is 44.9. The number of ether oxygens (including phenoxy) is 12. The van der Waals surface area contributed by atoms with Crippen LogP contribution in [0.2, 0.25) is 0 Å². The standard InChI is InChI=1S/C74H103NO14/c1-44-30-35-74(53(36-44)52-28-29-57-70(8)33-31-45(2)71(9,43-76)56(70)32-34-72(57,10)73(52,11)37-58(74)78-12)68(77)87-66-61(46(3)59(75)54(84-66)41-79-38-49-22-16-13-17-23-49)85-67-64-63(88-69(6,7)89-64)62(48(5)83-67)86-65-47(4)60(81-40-51-26-20-15-21-27-51)55(42-82-65)80-39-50-24-18-14-19-25-50/h13-28,43-48,53-67H,29-42,75H2,1-12H3/t44-,45+,46?,47?,48?,53?,54?,55-,56-,57?,58?,59-,60?,61?,62+,63?,64?,65+,66+,67+,70?,71+,72+,73-,74-/m1/s1. The first kappa shape index (κ1) is 65.1. The third-order valence-electron chi connectivity index (χ3n) is 24.7. The minimum atomic E-state index is -1.22. The predicted molar refractivity (Wildman–Crippen MR) is 335 cm³/mol. The molecule has 0 spiro atoms. The molecule has 2 N–H and O–H groups in total. The zero-order chi connectivity index (χ0) is 62.8. The van der Waals surface area contributed by atoms with Crippen LogP contribution in [0.3, 0.4) is 0 Å². The number of hydrogen-bond donors (Lipinski definition) is 1. The summed E-state index contributed by atoms with van der Waals surface area (Å²) in [6, 6.07) is 29.7. The molecule has 15 nitrogen and oxygen atoms in total. The molecule has 0 amide bonds. The zero-order valence-electron chi connectivity index (χ0n) is 55.1. The number of allylic oxidation sites excluding steroid dienone is 2. The number of fused-ring (bicyclic) bond motifs is 8. The molecule has 25 atom stereocenters. The van der Waals surface area contributed by atoms with Crippen LogP contribution in [0.5, 0.6) is 0 Å². The number of hydrogen-bond acceptors (Lipinski definition) is 15. The molecule has 3 aromatic rings. The highest BCUT2D eigenvalue weighted by Gasteiger charge is 2.72. The predicted octanol–water partition coefficient (Wildman–Crippen LogP) is 12.5. The van der Waals surface area contributed by atoms with Gasteiger partial charge in [0.05, 0.1) is 51.3 Å². The second-order valence-electron chi connectivity index (χ2n) is 30.1. The van der Waals surface area contributed by atoms with Crippen LogP contribution in [0, 0.1) is 68.5 Å². The first-order valence-corrected chi connectivity index (χ1v) is 33.8. The van der Waals surface area contributed by atoms with Crippen LogP contribution in [-0.2, 0) is 86.3 Å². The summed E-state index contributed by atoms with van der Waals surface area (Å²) in [4.78, 5) is 29.4. The van der Waals surface area contributed by atoms with E-state index in [-0.39, 0.29) is 64.9 Å². The summed E-state index contributed by atoms with van der Waals surface area (Å²) in [6.45, 7) is 25.8. The van der Waals surface area contributed by atoms with E-state index in [2.05, 4.69) is 78.8 Å². The highest BCUT2D eigenvalue weighted by molar-refractivity contribution is 5.80. The topological polar surface area (TPSA) is 171 Å². The lowest BCUT2D eigenvalue weighted by Crippen LogP contribution is -2.68. The van der Waals surface area contributed by atoms with Gasteiger partial charge in [-0.15, -0.1) is 0 Å². The number of methoxy groups -OCH3 is 1. The van der Waals surface area contributed by atoms with Crippen LogP contribution in [0.1, 0.15) is 151 Å². The van der Waals surface area contributed by atoms with Gasteiger partial charge < -0.3 is 67.4 Å². The smallest absolute Gasteiger partial charge is 0.317 e. The van der Waals surface area contributed by atoms with Crippen molar-refractivity contribution in [2.45, 2.75) is 239 Å². The average Bonchev–Trinajstić information content (AvgIpc) is 1.07. The third-order valence-corrected chi connectivity index (χ3v) is 24.7. The summed E-state index contributed by atoms with van der Waals surface area (Å²) >= 11 is 0. The molecule has 0 aromatic heterocycles. The van der Waals surface area contributed by atoms with E-state index in [9.17, 15) is 4.79 Å². The Morgan fingerprint density at radius 3 is 1.99 bits per heavy atom. The summed E-state index contributed by atoms with van der Waals surface area (Å²) in [7, 11) is 1.79. The van der Waals surface area contributed by atoms with Crippen molar-refractivity contribution in [3.05, 3.63) is 119 Å². The molecule has 488 valence electrons. The number of rotatable bonds is 18. The fourth-order valence-corrected chi connectivity index (χ4v) is 19.2. The second-order valence-corrected chi connectivity index (χ2v) is 30.1. The van der Waals surface area contributed by atoms with E-state index in [1.165, 1.54) is 11.9 Å². The Morgan fingerprint density at radius 1 is 0.685 bits per heavy atom. The Labute approximate surface area is 529 Å². The Balaban J connectivity index is 0.816. The average molecular weight is 1230 g/mol. The number of esters is 1. The fraction of sp³-hybridized carbons (Fsp3) is 0.703. The summed E-state index contributed by atoms with van der Waals surface area (Å²) in [5, 5.41) is 0. The lowest BCUT2D eigenvalue weighted by Gasteiger charge is -2.71. The van der Waals surface area contributed by atoms with Crippen LogP contribution in [0.25, 0.3) is 0 Å². The molecule has 4 aliphatic heterocycles. The number of nitrogens with two attached hydrogens (primary N) is 1. The molecular formula is C74H103NO14. The minimum absolute atomic E-state index is 0.00544. The fourth-order valence-electron chi connectivity index (χ4n) is 19.2. The maximum Gasteiger partial charge on any atom is 0.317 e. The quantitative estimate of drug-likeness (QED) is 0.0724. The number of aldehydes is 1. The molecule has 4 saturated carbocycles. The largest absolute Gasteiger partial charge is 0.432 e. The van der Waals surface area contributed by atoms with E-state index >= 15 is 4.79 Å². The van der Waals surface area contributed by atoms with Gasteiger partial charge in [0.25, 0.3) is 0 Å². The molecule has 89 heavy (non-hydrogen) atoms. The molecule has 5 aliphatic carbocycles. The minimum Gasteiger partial charge on any atom is -0.432 e. The molecule has 0 radical (unpaired) electrons. The van der Waals surface area contributed by atoms with Crippen LogP contribution in [0.15, 0.2) is 103 Å². The number of carbonyl (C=O) groups excluding carboxylic acids is 2. The monoisotopic (exact) mass is 1230 g/mol. The Bertz CT molecular complexity index is 2930. The zero-order valence-corrected chi connectivity index (χ0v) is 55.1. The van der Waals surface area contributed by atoms with E-state index in [0.717, 1.165) is 61.6 Å². The van der Waals surface area contributed by atoms with Crippen molar-refractivity contribution in [2.24, 2.45) is 74.2 Å². The second kappa shape index (κ2) is 25.8. The maximum absolute atomic E-state index is 16.3. The first-order valence-electron chi connectivity index (χ1n) is 33.8. The Kier molecular flexibility index (Phi) is 18.8. The van der Waals surface area contributed by atoms with Gasteiger partial charge in [-0.1, -0.05) is 158 Å². The number of carbonyl (C=O) groups is 2. The van der Waals surface area contributed by atoms with E-state index < -0.39 is 84.8 Å². The van der Waals surface area contributed by atoms with E-state index in [1.807, 2.05) is 94.4 Å². The molecule has 3 aromatic carbocycles. The van der Waals surface area contributed by atoms with Crippen LogP contribution in [0.4, 0.5) is 0 Å². The highest BCUT2D eigenvalue weighted by atomic mass is 16.8. The summed E-state index contributed by atoms with van der Waals surface area (Å²) < 4.78 is 82.1. The van der Waals surface area contributed by atoms with Crippen molar-refractivity contribution in [3.8, 4) is 0 Å². The molecule has 15 heteroatoms.